The van der Waals surface area contributed by atoms with Crippen molar-refractivity contribution in [2.45, 2.75) is 57.5 Å². The maximum Gasteiger partial charge on any atom is 0.100 e. The van der Waals surface area contributed by atoms with Crippen LogP contribution in [0.1, 0.15) is 51.2 Å². The van der Waals surface area contributed by atoms with E-state index in [1.165, 1.54) is 24.8 Å². The van der Waals surface area contributed by atoms with E-state index in [4.69, 9.17) is 0 Å². The summed E-state index contributed by atoms with van der Waals surface area (Å²) in [4.78, 5) is 1.12. The van der Waals surface area contributed by atoms with E-state index in [1.807, 2.05) is 6.07 Å². The molecule has 2 nitrogen and oxygen atoms in total. The van der Waals surface area contributed by atoms with Gasteiger partial charge in [0, 0.05) is 17.5 Å². The quantitative estimate of drug-likeness (QED) is 0.567. The molecular weight excluding hydrogens is 252 g/mol. The summed E-state index contributed by atoms with van der Waals surface area (Å²) in [7, 11) is 0. The van der Waals surface area contributed by atoms with Crippen LogP contribution in [0.15, 0.2) is 23.1 Å². The van der Waals surface area contributed by atoms with Gasteiger partial charge in [-0.1, -0.05) is 39.7 Å². The summed E-state index contributed by atoms with van der Waals surface area (Å²) in [6.45, 7) is 7.29. The van der Waals surface area contributed by atoms with Crippen molar-refractivity contribution in [1.29, 1.82) is 5.26 Å². The second kappa shape index (κ2) is 9.01. The van der Waals surface area contributed by atoms with Gasteiger partial charge >= 0.3 is 0 Å². The molecule has 0 fully saturated rings. The molecule has 0 aliphatic rings. The van der Waals surface area contributed by atoms with E-state index in [2.05, 4.69) is 44.3 Å². The Kier molecular flexibility index (Phi) is 7.62. The molecule has 19 heavy (non-hydrogen) atoms. The summed E-state index contributed by atoms with van der Waals surface area (Å²) in [6.07, 6.45) is 3.74. The second-order valence-electron chi connectivity index (χ2n) is 5.03. The van der Waals surface area contributed by atoms with Crippen molar-refractivity contribution >= 4 is 11.8 Å². The zero-order valence-corrected chi connectivity index (χ0v) is 13.0. The average molecular weight is 276 g/mol. The number of nitrogens with one attached hydrogen (secondary N) is 1. The van der Waals surface area contributed by atoms with Crippen LogP contribution in [0.25, 0.3) is 0 Å². The lowest BCUT2D eigenvalue weighted by molar-refractivity contribution is 0.588. The highest BCUT2D eigenvalue weighted by atomic mass is 32.2. The third-order valence-electron chi connectivity index (χ3n) is 2.88. The van der Waals surface area contributed by atoms with E-state index in [0.29, 0.717) is 6.04 Å². The lowest BCUT2D eigenvalue weighted by atomic mass is 10.1. The van der Waals surface area contributed by atoms with E-state index < -0.39 is 0 Å². The smallest absolute Gasteiger partial charge is 0.100 e. The fourth-order valence-electron chi connectivity index (χ4n) is 1.76. The van der Waals surface area contributed by atoms with Gasteiger partial charge in [-0.05, 0) is 29.9 Å². The highest BCUT2D eigenvalue weighted by Gasteiger charge is 2.04. The van der Waals surface area contributed by atoms with Crippen LogP contribution >= 0.6 is 11.8 Å². The van der Waals surface area contributed by atoms with Crippen LogP contribution < -0.4 is 5.32 Å². The number of hydrogen-bond donors (Lipinski definition) is 1. The average Bonchev–Trinajstić information content (AvgIpc) is 2.42. The molecule has 0 aromatic heterocycles. The third-order valence-corrected chi connectivity index (χ3v) is 4.04. The lowest BCUT2D eigenvalue weighted by Gasteiger charge is -2.10. The molecule has 0 radical (unpaired) electrons. The summed E-state index contributed by atoms with van der Waals surface area (Å²) >= 11 is 1.80. The lowest BCUT2D eigenvalue weighted by Crippen LogP contribution is -2.21. The first-order valence-corrected chi connectivity index (χ1v) is 8.05. The van der Waals surface area contributed by atoms with Crippen LogP contribution in [0.3, 0.4) is 0 Å². The number of unbranched alkanes of at least 4 members (excludes halogenated alkanes) is 2. The zero-order valence-electron chi connectivity index (χ0n) is 12.2. The molecule has 1 N–H and O–H groups in total. The Morgan fingerprint density at radius 1 is 1.32 bits per heavy atom. The van der Waals surface area contributed by atoms with Gasteiger partial charge in [0.1, 0.15) is 6.07 Å². The maximum atomic E-state index is 9.24. The topological polar surface area (TPSA) is 35.8 Å². The first-order valence-electron chi connectivity index (χ1n) is 7.06. The Morgan fingerprint density at radius 2 is 2.11 bits per heavy atom. The predicted molar refractivity (Wildman–Crippen MR) is 83.4 cm³/mol. The van der Waals surface area contributed by atoms with Crippen molar-refractivity contribution in [3.8, 4) is 6.07 Å². The molecule has 1 aromatic carbocycles. The molecule has 0 bridgehead atoms. The van der Waals surface area contributed by atoms with Gasteiger partial charge in [-0.2, -0.15) is 5.26 Å². The summed E-state index contributed by atoms with van der Waals surface area (Å²) < 4.78 is 0. The van der Waals surface area contributed by atoms with Gasteiger partial charge < -0.3 is 5.32 Å². The van der Waals surface area contributed by atoms with Crippen molar-refractivity contribution in [1.82, 2.24) is 5.32 Å². The summed E-state index contributed by atoms with van der Waals surface area (Å²) in [5.74, 6) is 1.10. The molecule has 0 spiro atoms. The number of hydrogen-bond acceptors (Lipinski definition) is 3. The second-order valence-corrected chi connectivity index (χ2v) is 6.17. The SMILES string of the molecule is CCCCCSc1ccc(CNC(C)C)cc1C#N. The molecule has 0 unspecified atom stereocenters. The first kappa shape index (κ1) is 16.1. The van der Waals surface area contributed by atoms with Gasteiger partial charge in [-0.25, -0.2) is 0 Å². The Balaban J connectivity index is 2.60. The van der Waals surface area contributed by atoms with Gasteiger partial charge in [-0.15, -0.1) is 11.8 Å². The first-order chi connectivity index (χ1) is 9.17. The van der Waals surface area contributed by atoms with E-state index in [1.54, 1.807) is 11.8 Å². The number of rotatable bonds is 8. The van der Waals surface area contributed by atoms with Crippen LogP contribution in [0.4, 0.5) is 0 Å². The van der Waals surface area contributed by atoms with E-state index in [-0.39, 0.29) is 0 Å². The molecule has 104 valence electrons. The Hall–Kier alpha value is -0.980. The Morgan fingerprint density at radius 3 is 2.74 bits per heavy atom. The number of thioether (sulfide) groups is 1. The maximum absolute atomic E-state index is 9.24. The number of nitriles is 1. The van der Waals surface area contributed by atoms with Crippen molar-refractivity contribution < 1.29 is 0 Å². The number of benzene rings is 1. The molecule has 0 aliphatic carbocycles. The molecule has 0 heterocycles. The minimum atomic E-state index is 0.466. The zero-order chi connectivity index (χ0) is 14.1. The van der Waals surface area contributed by atoms with Gasteiger partial charge in [0.15, 0.2) is 0 Å². The van der Waals surface area contributed by atoms with Crippen molar-refractivity contribution in [2.75, 3.05) is 5.75 Å². The van der Waals surface area contributed by atoms with Gasteiger partial charge in [0.2, 0.25) is 0 Å². The minimum Gasteiger partial charge on any atom is -0.310 e. The Bertz CT molecular complexity index is 421. The highest BCUT2D eigenvalue weighted by molar-refractivity contribution is 7.99. The van der Waals surface area contributed by atoms with E-state index in [9.17, 15) is 5.26 Å². The van der Waals surface area contributed by atoms with Crippen LogP contribution in [0, 0.1) is 11.3 Å². The largest absolute Gasteiger partial charge is 0.310 e. The molecule has 3 heteroatoms. The molecule has 0 amide bonds. The molecule has 1 aromatic rings. The molecule has 0 saturated heterocycles. The number of nitrogens with zero attached hydrogens (tertiary/aromatic N) is 1. The van der Waals surface area contributed by atoms with Crippen molar-refractivity contribution in [2.24, 2.45) is 0 Å². The molecule has 0 saturated carbocycles. The predicted octanol–water partition coefficient (Wildman–Crippen LogP) is 4.34. The van der Waals surface area contributed by atoms with Crippen LogP contribution in [-0.4, -0.2) is 11.8 Å². The molecular formula is C16H24N2S. The van der Waals surface area contributed by atoms with E-state index in [0.717, 1.165) is 22.8 Å². The van der Waals surface area contributed by atoms with E-state index >= 15 is 0 Å². The van der Waals surface area contributed by atoms with Gasteiger partial charge in [0.25, 0.3) is 0 Å². The van der Waals surface area contributed by atoms with Crippen LogP contribution in [-0.2, 0) is 6.54 Å². The highest BCUT2D eigenvalue weighted by Crippen LogP contribution is 2.24. The van der Waals surface area contributed by atoms with Gasteiger partial charge in [-0.3, -0.25) is 0 Å². The summed E-state index contributed by atoms with van der Waals surface area (Å²) in [6, 6.07) is 9.01. The standard InChI is InChI=1S/C16H24N2S/c1-4-5-6-9-19-16-8-7-14(10-15(16)11-17)12-18-13(2)3/h7-8,10,13,18H,4-6,9,12H2,1-3H3. The third kappa shape index (κ3) is 6.13. The normalized spacial score (nSPS) is 10.7. The van der Waals surface area contributed by atoms with Gasteiger partial charge in [0.05, 0.1) is 5.56 Å². The molecule has 0 aliphatic heterocycles. The van der Waals surface area contributed by atoms with Crippen LogP contribution in [0.5, 0.6) is 0 Å². The minimum absolute atomic E-state index is 0.466. The monoisotopic (exact) mass is 276 g/mol. The van der Waals surface area contributed by atoms with Crippen molar-refractivity contribution in [3.63, 3.8) is 0 Å². The van der Waals surface area contributed by atoms with Crippen molar-refractivity contribution in [3.05, 3.63) is 29.3 Å². The fraction of sp³-hybridized carbons (Fsp3) is 0.562. The summed E-state index contributed by atoms with van der Waals surface area (Å²) in [5, 5.41) is 12.6. The fourth-order valence-corrected chi connectivity index (χ4v) is 2.75. The Labute approximate surface area is 121 Å². The molecule has 1 rings (SSSR count). The summed E-state index contributed by atoms with van der Waals surface area (Å²) in [5.41, 5.74) is 1.99. The molecule has 0 atom stereocenters. The van der Waals surface area contributed by atoms with Crippen LogP contribution in [0.2, 0.25) is 0 Å².